The highest BCUT2D eigenvalue weighted by atomic mass is 16.3. The number of fused-ring (bicyclic) bond motifs is 1. The Hall–Kier alpha value is -2.86. The number of hydrogen-bond acceptors (Lipinski definition) is 5. The lowest BCUT2D eigenvalue weighted by atomic mass is 9.87. The number of benzene rings is 1. The number of piperazine rings is 1. The van der Waals surface area contributed by atoms with Gasteiger partial charge in [-0.3, -0.25) is 0 Å². The Morgan fingerprint density at radius 3 is 2.53 bits per heavy atom. The zero-order chi connectivity index (χ0) is 25.9. The van der Waals surface area contributed by atoms with Gasteiger partial charge in [-0.15, -0.1) is 0 Å². The molecule has 5 nitrogen and oxygen atoms in total. The number of allylic oxidation sites excluding steroid dienone is 10. The molecule has 36 heavy (non-hydrogen) atoms. The van der Waals surface area contributed by atoms with Gasteiger partial charge in [-0.05, 0) is 92.7 Å². The number of nitrogens with one attached hydrogen (secondary N) is 1. The van der Waals surface area contributed by atoms with Gasteiger partial charge in [0.15, 0.2) is 0 Å². The molecule has 194 valence electrons. The maximum Gasteiger partial charge on any atom is 0.134 e. The van der Waals surface area contributed by atoms with E-state index in [1.807, 2.05) is 25.2 Å². The Morgan fingerprint density at radius 2 is 1.83 bits per heavy atom. The lowest BCUT2D eigenvalue weighted by molar-refractivity contribution is 0.239. The molecule has 1 fully saturated rings. The first-order valence-corrected chi connectivity index (χ1v) is 13.1. The van der Waals surface area contributed by atoms with Gasteiger partial charge in [0.05, 0.1) is 5.76 Å². The molecule has 3 N–H and O–H groups in total. The lowest BCUT2D eigenvalue weighted by Gasteiger charge is -2.26. The van der Waals surface area contributed by atoms with E-state index in [4.69, 9.17) is 4.42 Å². The molecule has 0 bridgehead atoms. The smallest absolute Gasteiger partial charge is 0.134 e. The van der Waals surface area contributed by atoms with Crippen LogP contribution in [-0.4, -0.2) is 54.4 Å². The predicted octanol–water partition coefficient (Wildman–Crippen LogP) is 6.34. The highest BCUT2D eigenvalue weighted by Crippen LogP contribution is 2.35. The third-order valence-electron chi connectivity index (χ3n) is 6.61. The topological polar surface area (TPSA) is 68.9 Å². The summed E-state index contributed by atoms with van der Waals surface area (Å²) in [5, 5.41) is 23.9. The summed E-state index contributed by atoms with van der Waals surface area (Å²) in [4.78, 5) is 2.48. The third-order valence-corrected chi connectivity index (χ3v) is 6.61. The summed E-state index contributed by atoms with van der Waals surface area (Å²) < 4.78 is 6.19. The minimum atomic E-state index is 0.142. The molecule has 0 unspecified atom stereocenters. The highest BCUT2D eigenvalue weighted by molar-refractivity contribution is 5.89. The summed E-state index contributed by atoms with van der Waals surface area (Å²) >= 11 is 0. The Labute approximate surface area is 216 Å². The average molecular weight is 491 g/mol. The molecule has 0 amide bonds. The van der Waals surface area contributed by atoms with Crippen LogP contribution in [0.4, 0.5) is 0 Å². The first-order chi connectivity index (χ1) is 17.4. The van der Waals surface area contributed by atoms with Crippen LogP contribution in [0.15, 0.2) is 81.5 Å². The SMILES string of the molecule is C\C=C/C=C(C)/C(CCCO)=C(/C(C)=C/C=C(\C)O)c1ccc2oc(CCN3CCNCC3)cc2c1. The van der Waals surface area contributed by atoms with E-state index >= 15 is 0 Å². The molecule has 1 aromatic carbocycles. The van der Waals surface area contributed by atoms with Gasteiger partial charge in [0.1, 0.15) is 11.3 Å². The van der Waals surface area contributed by atoms with E-state index in [9.17, 15) is 10.2 Å². The summed E-state index contributed by atoms with van der Waals surface area (Å²) in [6, 6.07) is 8.56. The van der Waals surface area contributed by atoms with Crippen LogP contribution in [0.3, 0.4) is 0 Å². The number of aliphatic hydroxyl groups is 2. The van der Waals surface area contributed by atoms with Gasteiger partial charge in [-0.1, -0.05) is 30.4 Å². The summed E-state index contributed by atoms with van der Waals surface area (Å²) in [5.74, 6) is 1.29. The van der Waals surface area contributed by atoms with Crippen LogP contribution in [0, 0.1) is 0 Å². The maximum absolute atomic E-state index is 9.78. The molecule has 1 aliphatic heterocycles. The first-order valence-electron chi connectivity index (χ1n) is 13.1. The third kappa shape index (κ3) is 7.82. The van der Waals surface area contributed by atoms with Crippen molar-refractivity contribution in [1.82, 2.24) is 10.2 Å². The molecule has 0 radical (unpaired) electrons. The summed E-state index contributed by atoms with van der Waals surface area (Å²) in [7, 11) is 0. The summed E-state index contributed by atoms with van der Waals surface area (Å²) in [6.45, 7) is 13.3. The van der Waals surface area contributed by atoms with Crippen LogP contribution < -0.4 is 5.32 Å². The van der Waals surface area contributed by atoms with Crippen molar-refractivity contribution in [3.63, 3.8) is 0 Å². The van der Waals surface area contributed by atoms with Crippen molar-refractivity contribution in [2.45, 2.75) is 47.0 Å². The number of hydrogen-bond donors (Lipinski definition) is 3. The van der Waals surface area contributed by atoms with Crippen LogP contribution in [0.25, 0.3) is 16.5 Å². The van der Waals surface area contributed by atoms with Crippen LogP contribution in [0.2, 0.25) is 0 Å². The predicted molar refractivity (Wildman–Crippen MR) is 151 cm³/mol. The van der Waals surface area contributed by atoms with Crippen LogP contribution in [-0.2, 0) is 6.42 Å². The van der Waals surface area contributed by atoms with E-state index < -0.39 is 0 Å². The quantitative estimate of drug-likeness (QED) is 0.253. The molecule has 0 saturated carbocycles. The van der Waals surface area contributed by atoms with Gasteiger partial charge in [-0.2, -0.15) is 0 Å². The Bertz CT molecular complexity index is 1150. The van der Waals surface area contributed by atoms with E-state index in [-0.39, 0.29) is 12.4 Å². The van der Waals surface area contributed by atoms with Crippen LogP contribution in [0.5, 0.6) is 0 Å². The van der Waals surface area contributed by atoms with Crippen molar-refractivity contribution >= 4 is 16.5 Å². The van der Waals surface area contributed by atoms with Gasteiger partial charge in [0.25, 0.3) is 0 Å². The lowest BCUT2D eigenvalue weighted by Crippen LogP contribution is -2.44. The zero-order valence-corrected chi connectivity index (χ0v) is 22.3. The standard InChI is InChI=1S/C31H42N2O3/c1-5-6-8-23(2)29(9-7-20-34)31(24(3)10-11-25(4)35)26-12-13-30-27(21-26)22-28(36-30)14-17-33-18-15-32-16-19-33/h5-6,8,10-13,21-22,32,34-35H,7,9,14-20H2,1-4H3/b6-5-,23-8+,24-10+,25-11+,31-29-. The molecule has 1 aliphatic rings. The van der Waals surface area contributed by atoms with Gasteiger partial charge >= 0.3 is 0 Å². The van der Waals surface area contributed by atoms with Crippen LogP contribution >= 0.6 is 0 Å². The second-order valence-corrected chi connectivity index (χ2v) is 9.52. The van der Waals surface area contributed by atoms with Gasteiger partial charge < -0.3 is 24.8 Å². The molecule has 2 aromatic rings. The van der Waals surface area contributed by atoms with Crippen LogP contribution in [0.1, 0.15) is 51.9 Å². The fraction of sp³-hybridized carbons (Fsp3) is 0.419. The van der Waals surface area contributed by atoms with E-state index in [1.165, 1.54) is 5.57 Å². The van der Waals surface area contributed by atoms with Crippen molar-refractivity contribution in [1.29, 1.82) is 0 Å². The number of nitrogens with zero attached hydrogens (tertiary/aromatic N) is 1. The van der Waals surface area contributed by atoms with Gasteiger partial charge in [-0.25, -0.2) is 0 Å². The minimum absolute atomic E-state index is 0.142. The Kier molecular flexibility index (Phi) is 10.8. The van der Waals surface area contributed by atoms with Crippen molar-refractivity contribution in [3.8, 4) is 0 Å². The molecule has 1 aromatic heterocycles. The molecule has 1 saturated heterocycles. The monoisotopic (exact) mass is 490 g/mol. The number of furan rings is 1. The largest absolute Gasteiger partial charge is 0.513 e. The average Bonchev–Trinajstić information content (AvgIpc) is 3.30. The van der Waals surface area contributed by atoms with Crippen molar-refractivity contribution in [2.75, 3.05) is 39.3 Å². The van der Waals surface area contributed by atoms with E-state index in [0.717, 1.165) is 84.6 Å². The summed E-state index contributed by atoms with van der Waals surface area (Å²) in [5.41, 5.74) is 6.56. The van der Waals surface area contributed by atoms with E-state index in [2.05, 4.69) is 54.4 Å². The second-order valence-electron chi connectivity index (χ2n) is 9.52. The fourth-order valence-corrected chi connectivity index (χ4v) is 4.67. The number of rotatable bonds is 11. The number of aliphatic hydroxyl groups excluding tert-OH is 2. The Balaban J connectivity index is 2.03. The second kappa shape index (κ2) is 14.0. The normalized spacial score (nSPS) is 17.3. The van der Waals surface area contributed by atoms with Gasteiger partial charge in [0, 0.05) is 51.1 Å². The van der Waals surface area contributed by atoms with Crippen molar-refractivity contribution < 1.29 is 14.6 Å². The minimum Gasteiger partial charge on any atom is -0.513 e. The van der Waals surface area contributed by atoms with E-state index in [1.54, 1.807) is 13.0 Å². The highest BCUT2D eigenvalue weighted by Gasteiger charge is 2.16. The molecule has 3 rings (SSSR count). The Morgan fingerprint density at radius 1 is 1.06 bits per heavy atom. The molecule has 5 heteroatoms. The first kappa shape index (κ1) is 27.7. The van der Waals surface area contributed by atoms with Gasteiger partial charge in [0.2, 0.25) is 0 Å². The van der Waals surface area contributed by atoms with Crippen molar-refractivity contribution in [3.05, 3.63) is 88.4 Å². The fourth-order valence-electron chi connectivity index (χ4n) is 4.67. The molecule has 0 aliphatic carbocycles. The molecule has 2 heterocycles. The molecular weight excluding hydrogens is 448 g/mol. The molecular formula is C31H42N2O3. The molecule has 0 atom stereocenters. The molecule has 0 spiro atoms. The maximum atomic E-state index is 9.78. The zero-order valence-electron chi connectivity index (χ0n) is 22.3. The van der Waals surface area contributed by atoms with Crippen molar-refractivity contribution in [2.24, 2.45) is 0 Å². The summed E-state index contributed by atoms with van der Waals surface area (Å²) in [6.07, 6.45) is 12.2. The van der Waals surface area contributed by atoms with E-state index in [0.29, 0.717) is 6.42 Å².